The number of fused-ring (bicyclic) bond motifs is 1. The fourth-order valence-electron chi connectivity index (χ4n) is 2.91. The molecule has 0 aromatic carbocycles. The number of amides is 1. The Bertz CT molecular complexity index is 953. The molecule has 7 nitrogen and oxygen atoms in total. The lowest BCUT2D eigenvalue weighted by Gasteiger charge is -2.21. The first-order valence-corrected chi connectivity index (χ1v) is 8.07. The molecule has 7 heteroatoms. The van der Waals surface area contributed by atoms with Crippen LogP contribution in [0.15, 0.2) is 22.6 Å². The van der Waals surface area contributed by atoms with Crippen LogP contribution in [-0.2, 0) is 12.6 Å². The van der Waals surface area contributed by atoms with Crippen LogP contribution < -0.4 is 5.32 Å². The predicted octanol–water partition coefficient (Wildman–Crippen LogP) is 2.12. The van der Waals surface area contributed by atoms with E-state index in [1.54, 1.807) is 43.8 Å². The second-order valence-electron chi connectivity index (χ2n) is 6.59. The average Bonchev–Trinajstić information content (AvgIpc) is 3.09. The van der Waals surface area contributed by atoms with E-state index in [4.69, 9.17) is 4.42 Å². The average molecular weight is 342 g/mol. The Labute approximate surface area is 145 Å². The maximum absolute atomic E-state index is 12.7. The summed E-state index contributed by atoms with van der Waals surface area (Å²) in [7, 11) is 1.80. The zero-order valence-corrected chi connectivity index (χ0v) is 15.0. The number of pyridine rings is 1. The normalized spacial score (nSPS) is 13.8. The standard InChI is InChI=1S/C18H22N4O3/c1-10-8-13(15-12(3)21-22(5)16(15)20-10)17(23)19-9-18(4,24)14-7-6-11(2)25-14/h6-8,24H,9H2,1-5H3,(H,19,23). The highest BCUT2D eigenvalue weighted by Gasteiger charge is 2.28. The minimum absolute atomic E-state index is 0.0287. The Morgan fingerprint density at radius 2 is 2.08 bits per heavy atom. The molecule has 0 aliphatic carbocycles. The second kappa shape index (κ2) is 6.00. The van der Waals surface area contributed by atoms with E-state index in [0.717, 1.165) is 16.8 Å². The largest absolute Gasteiger partial charge is 0.463 e. The molecule has 0 radical (unpaired) electrons. The van der Waals surface area contributed by atoms with Gasteiger partial charge in [-0.05, 0) is 45.9 Å². The molecule has 0 fully saturated rings. The van der Waals surface area contributed by atoms with Gasteiger partial charge in [-0.25, -0.2) is 4.98 Å². The first-order chi connectivity index (χ1) is 11.7. The van der Waals surface area contributed by atoms with Crippen LogP contribution in [-0.4, -0.2) is 32.3 Å². The van der Waals surface area contributed by atoms with E-state index in [0.29, 0.717) is 22.7 Å². The lowest BCUT2D eigenvalue weighted by molar-refractivity contribution is 0.0323. The lowest BCUT2D eigenvalue weighted by atomic mass is 10.0. The van der Waals surface area contributed by atoms with Crippen molar-refractivity contribution in [3.63, 3.8) is 0 Å². The molecule has 0 saturated carbocycles. The summed E-state index contributed by atoms with van der Waals surface area (Å²) >= 11 is 0. The molecular formula is C18H22N4O3. The quantitative estimate of drug-likeness (QED) is 0.757. The molecule has 25 heavy (non-hydrogen) atoms. The molecule has 0 aliphatic heterocycles. The van der Waals surface area contributed by atoms with Crippen molar-refractivity contribution in [1.29, 1.82) is 0 Å². The van der Waals surface area contributed by atoms with Crippen LogP contribution in [0.1, 0.15) is 40.2 Å². The number of nitrogens with zero attached hydrogens (tertiary/aromatic N) is 3. The minimum Gasteiger partial charge on any atom is -0.463 e. The van der Waals surface area contributed by atoms with Gasteiger partial charge in [0.2, 0.25) is 0 Å². The van der Waals surface area contributed by atoms with Crippen molar-refractivity contribution in [3.8, 4) is 0 Å². The number of carbonyl (C=O) groups is 1. The predicted molar refractivity (Wildman–Crippen MR) is 93.3 cm³/mol. The van der Waals surface area contributed by atoms with Gasteiger partial charge in [0, 0.05) is 12.7 Å². The number of nitrogens with one attached hydrogen (secondary N) is 1. The fourth-order valence-corrected chi connectivity index (χ4v) is 2.91. The van der Waals surface area contributed by atoms with Crippen LogP contribution in [0.3, 0.4) is 0 Å². The highest BCUT2D eigenvalue weighted by molar-refractivity contribution is 6.06. The van der Waals surface area contributed by atoms with E-state index >= 15 is 0 Å². The highest BCUT2D eigenvalue weighted by atomic mass is 16.4. The lowest BCUT2D eigenvalue weighted by Crippen LogP contribution is -2.38. The van der Waals surface area contributed by atoms with Gasteiger partial charge < -0.3 is 14.8 Å². The first kappa shape index (κ1) is 17.2. The number of rotatable bonds is 4. The van der Waals surface area contributed by atoms with E-state index in [1.807, 2.05) is 13.8 Å². The van der Waals surface area contributed by atoms with Gasteiger partial charge in [-0.3, -0.25) is 9.48 Å². The molecule has 0 bridgehead atoms. The van der Waals surface area contributed by atoms with Crippen LogP contribution in [0.2, 0.25) is 0 Å². The number of hydrogen-bond acceptors (Lipinski definition) is 5. The Morgan fingerprint density at radius 1 is 1.36 bits per heavy atom. The summed E-state index contributed by atoms with van der Waals surface area (Å²) in [5.41, 5.74) is 1.34. The van der Waals surface area contributed by atoms with Crippen LogP contribution in [0.25, 0.3) is 11.0 Å². The zero-order valence-electron chi connectivity index (χ0n) is 15.0. The topological polar surface area (TPSA) is 93.2 Å². The highest BCUT2D eigenvalue weighted by Crippen LogP contribution is 2.24. The summed E-state index contributed by atoms with van der Waals surface area (Å²) in [5, 5.41) is 18.4. The number of aryl methyl sites for hydroxylation is 4. The molecule has 3 rings (SSSR count). The van der Waals surface area contributed by atoms with Crippen molar-refractivity contribution in [3.05, 3.63) is 46.7 Å². The molecule has 1 amide bonds. The Balaban J connectivity index is 1.88. The molecule has 1 unspecified atom stereocenters. The Kier molecular flexibility index (Phi) is 4.12. The number of hydrogen-bond donors (Lipinski definition) is 2. The van der Waals surface area contributed by atoms with Gasteiger partial charge in [-0.15, -0.1) is 0 Å². The van der Waals surface area contributed by atoms with E-state index in [1.165, 1.54) is 0 Å². The van der Waals surface area contributed by atoms with E-state index < -0.39 is 5.60 Å². The SMILES string of the molecule is Cc1cc(C(=O)NCC(C)(O)c2ccc(C)o2)c2c(C)nn(C)c2n1. The summed E-state index contributed by atoms with van der Waals surface area (Å²) in [6, 6.07) is 5.22. The molecule has 3 aromatic rings. The van der Waals surface area contributed by atoms with Crippen molar-refractivity contribution in [2.45, 2.75) is 33.3 Å². The number of aliphatic hydroxyl groups is 1. The van der Waals surface area contributed by atoms with Gasteiger partial charge in [-0.1, -0.05) is 0 Å². The minimum atomic E-state index is -1.30. The fraction of sp³-hybridized carbons (Fsp3) is 0.389. The third-order valence-corrected chi connectivity index (χ3v) is 4.21. The molecular weight excluding hydrogens is 320 g/mol. The summed E-state index contributed by atoms with van der Waals surface area (Å²) in [4.78, 5) is 17.2. The number of carbonyl (C=O) groups excluding carboxylic acids is 1. The molecule has 3 heterocycles. The molecule has 2 N–H and O–H groups in total. The Morgan fingerprint density at radius 3 is 2.72 bits per heavy atom. The van der Waals surface area contributed by atoms with Crippen LogP contribution in [0.4, 0.5) is 0 Å². The maximum Gasteiger partial charge on any atom is 0.252 e. The number of furan rings is 1. The van der Waals surface area contributed by atoms with Crippen LogP contribution in [0.5, 0.6) is 0 Å². The third kappa shape index (κ3) is 3.15. The van der Waals surface area contributed by atoms with Crippen molar-refractivity contribution in [1.82, 2.24) is 20.1 Å². The molecule has 0 aliphatic rings. The zero-order chi connectivity index (χ0) is 18.4. The molecule has 1 atom stereocenters. The second-order valence-corrected chi connectivity index (χ2v) is 6.59. The summed E-state index contributed by atoms with van der Waals surface area (Å²) in [6.45, 7) is 7.12. The summed E-state index contributed by atoms with van der Waals surface area (Å²) < 4.78 is 7.14. The number of aromatic nitrogens is 3. The van der Waals surface area contributed by atoms with Crippen molar-refractivity contribution >= 4 is 16.9 Å². The van der Waals surface area contributed by atoms with Crippen molar-refractivity contribution < 1.29 is 14.3 Å². The monoisotopic (exact) mass is 342 g/mol. The van der Waals surface area contributed by atoms with Gasteiger partial charge in [0.05, 0.1) is 23.2 Å². The van der Waals surface area contributed by atoms with Gasteiger partial charge in [0.25, 0.3) is 5.91 Å². The maximum atomic E-state index is 12.7. The molecule has 3 aromatic heterocycles. The van der Waals surface area contributed by atoms with E-state index in [-0.39, 0.29) is 12.5 Å². The molecule has 132 valence electrons. The summed E-state index contributed by atoms with van der Waals surface area (Å²) in [5.74, 6) is 0.841. The molecule has 0 spiro atoms. The Hall–Kier alpha value is -2.67. The molecule has 0 saturated heterocycles. The van der Waals surface area contributed by atoms with Gasteiger partial charge in [0.1, 0.15) is 17.1 Å². The van der Waals surface area contributed by atoms with Crippen LogP contribution >= 0.6 is 0 Å². The van der Waals surface area contributed by atoms with Gasteiger partial charge >= 0.3 is 0 Å². The van der Waals surface area contributed by atoms with Crippen molar-refractivity contribution in [2.75, 3.05) is 6.54 Å². The van der Waals surface area contributed by atoms with Gasteiger partial charge in [0.15, 0.2) is 5.65 Å². The smallest absolute Gasteiger partial charge is 0.252 e. The van der Waals surface area contributed by atoms with Crippen LogP contribution in [0, 0.1) is 20.8 Å². The summed E-state index contributed by atoms with van der Waals surface area (Å²) in [6.07, 6.45) is 0. The van der Waals surface area contributed by atoms with E-state index in [2.05, 4.69) is 15.4 Å². The van der Waals surface area contributed by atoms with Gasteiger partial charge in [-0.2, -0.15) is 5.10 Å². The first-order valence-electron chi connectivity index (χ1n) is 8.07. The van der Waals surface area contributed by atoms with Crippen molar-refractivity contribution in [2.24, 2.45) is 7.05 Å². The third-order valence-electron chi connectivity index (χ3n) is 4.21. The van der Waals surface area contributed by atoms with E-state index in [9.17, 15) is 9.90 Å².